The second-order valence-corrected chi connectivity index (χ2v) is 7.44. The van der Waals surface area contributed by atoms with Crippen molar-refractivity contribution in [3.63, 3.8) is 0 Å². The van der Waals surface area contributed by atoms with E-state index in [1.165, 1.54) is 11.3 Å². The molecule has 2 aliphatic rings. The number of morpholine rings is 1. The molecule has 1 aliphatic carbocycles. The number of benzene rings is 1. The topological polar surface area (TPSA) is 35.7 Å². The molecule has 1 heterocycles. The number of aliphatic hydroxyl groups excluding tert-OH is 1. The van der Waals surface area contributed by atoms with Crippen LogP contribution in [0, 0.1) is 0 Å². The molecule has 1 aromatic rings. The zero-order chi connectivity index (χ0) is 19.3. The minimum atomic E-state index is -0.429. The summed E-state index contributed by atoms with van der Waals surface area (Å²) in [5.74, 6) is 0.437. The normalized spacial score (nSPS) is 18.8. The summed E-state index contributed by atoms with van der Waals surface area (Å²) in [6.45, 7) is 5.52. The smallest absolute Gasteiger partial charge is 0.200 e. The van der Waals surface area contributed by atoms with E-state index in [2.05, 4.69) is 52.8 Å². The number of rotatable bonds is 5. The minimum Gasteiger partial charge on any atom is -0.510 e. The van der Waals surface area contributed by atoms with E-state index in [0.29, 0.717) is 5.76 Å². The van der Waals surface area contributed by atoms with Crippen LogP contribution >= 0.6 is 0 Å². The maximum atomic E-state index is 11.3. The fourth-order valence-corrected chi connectivity index (χ4v) is 3.92. The summed E-state index contributed by atoms with van der Waals surface area (Å²) in [5, 5.41) is 11.3. The van der Waals surface area contributed by atoms with Crippen molar-refractivity contribution in [3.8, 4) is 0 Å². The average Bonchev–Trinajstić information content (AvgIpc) is 2.73. The van der Waals surface area contributed by atoms with Gasteiger partial charge in [0, 0.05) is 37.2 Å². The van der Waals surface area contributed by atoms with Crippen LogP contribution in [0.2, 0.25) is 0 Å². The molecule has 3 rings (SSSR count). The van der Waals surface area contributed by atoms with Gasteiger partial charge in [-0.2, -0.15) is 0 Å². The van der Waals surface area contributed by atoms with Gasteiger partial charge in [-0.15, -0.1) is 0 Å². The molecule has 1 fully saturated rings. The van der Waals surface area contributed by atoms with Gasteiger partial charge in [-0.25, -0.2) is 4.58 Å². The summed E-state index contributed by atoms with van der Waals surface area (Å²) in [7, 11) is 4.09. The van der Waals surface area contributed by atoms with Crippen LogP contribution in [0.5, 0.6) is 0 Å². The Hall–Kier alpha value is -1.55. The van der Waals surface area contributed by atoms with Gasteiger partial charge in [0.1, 0.15) is 19.0 Å². The van der Waals surface area contributed by atoms with Crippen molar-refractivity contribution in [2.45, 2.75) is 25.3 Å². The van der Waals surface area contributed by atoms with Gasteiger partial charge in [0.05, 0.1) is 5.54 Å². The Balaban J connectivity index is 0.00000280. The molecule has 1 unspecified atom stereocenters. The van der Waals surface area contributed by atoms with Crippen LogP contribution in [0.15, 0.2) is 66.0 Å². The summed E-state index contributed by atoms with van der Waals surface area (Å²) in [6.07, 6.45) is 9.89. The number of ether oxygens (including phenoxy) is 1. The summed E-state index contributed by atoms with van der Waals surface area (Å²) < 4.78 is 7.76. The molecule has 0 radical (unpaired) electrons. The van der Waals surface area contributed by atoms with Gasteiger partial charge in [-0.1, -0.05) is 37.3 Å². The monoisotopic (exact) mass is 431 g/mol. The van der Waals surface area contributed by atoms with Gasteiger partial charge in [0.15, 0.2) is 18.8 Å². The van der Waals surface area contributed by atoms with E-state index in [0.717, 1.165) is 44.7 Å². The van der Waals surface area contributed by atoms with E-state index in [9.17, 15) is 5.11 Å². The maximum absolute atomic E-state index is 11.3. The van der Waals surface area contributed by atoms with Crippen LogP contribution in [0.25, 0.3) is 0 Å². The molecule has 1 saturated heterocycles. The molecule has 28 heavy (non-hydrogen) atoms. The number of aliphatic hydroxyl groups is 1. The largest absolute Gasteiger partial charge is 0.510 e. The Bertz CT molecular complexity index is 755. The second-order valence-electron chi connectivity index (χ2n) is 7.44. The van der Waals surface area contributed by atoms with Crippen LogP contribution < -0.4 is 0 Å². The quantitative estimate of drug-likeness (QED) is 0.440. The molecule has 1 N–H and O–H groups in total. The van der Waals surface area contributed by atoms with Crippen molar-refractivity contribution in [2.24, 2.45) is 0 Å². The van der Waals surface area contributed by atoms with Gasteiger partial charge in [0.2, 0.25) is 0 Å². The van der Waals surface area contributed by atoms with Crippen LogP contribution in [0.3, 0.4) is 0 Å². The molecule has 146 valence electrons. The van der Waals surface area contributed by atoms with Crippen LogP contribution in [0.4, 0.5) is 0 Å². The first-order chi connectivity index (χ1) is 13.1. The van der Waals surface area contributed by atoms with Crippen LogP contribution in [-0.4, -0.2) is 66.2 Å². The minimum absolute atomic E-state index is 0. The Morgan fingerprint density at radius 2 is 1.68 bits per heavy atom. The Morgan fingerprint density at radius 1 is 1.07 bits per heavy atom. The molecule has 0 amide bonds. The van der Waals surface area contributed by atoms with Gasteiger partial charge in [-0.05, 0) is 44.7 Å². The van der Waals surface area contributed by atoms with Crippen molar-refractivity contribution in [3.05, 3.63) is 71.5 Å². The third-order valence-corrected chi connectivity index (χ3v) is 5.74. The van der Waals surface area contributed by atoms with E-state index in [1.807, 2.05) is 32.3 Å². The Morgan fingerprint density at radius 3 is 2.21 bits per heavy atom. The molecule has 0 aromatic heterocycles. The molecule has 5 heteroatoms. The van der Waals surface area contributed by atoms with Crippen molar-refractivity contribution in [2.75, 3.05) is 40.4 Å². The zero-order valence-electron chi connectivity index (χ0n) is 17.4. The number of nitrogens with zero attached hydrogens (tertiary/aromatic N) is 2. The van der Waals surface area contributed by atoms with Gasteiger partial charge < -0.3 is 9.84 Å². The van der Waals surface area contributed by atoms with Gasteiger partial charge in [0.25, 0.3) is 0 Å². The third kappa shape index (κ3) is 4.89. The van der Waals surface area contributed by atoms with E-state index in [4.69, 9.17) is 4.74 Å². The van der Waals surface area contributed by atoms with Crippen LogP contribution in [-0.2, 0) is 30.6 Å². The molecular formula is C23H31N2O2Zn+. The first-order valence-electron chi connectivity index (χ1n) is 9.77. The van der Waals surface area contributed by atoms with Gasteiger partial charge >= 0.3 is 0 Å². The molecule has 1 aromatic carbocycles. The standard InChI is InChI=1S/C23H30N2O2.Zn/c1-4-23(24(2)3,18-19-8-6-5-7-9-19)22(26)20-10-12-21(13-11-20)25-14-16-27-17-15-25;/h5-13H,4,14-18H2,1-3H3;/p+1. The summed E-state index contributed by atoms with van der Waals surface area (Å²) in [4.78, 5) is 2.14. The van der Waals surface area contributed by atoms with E-state index in [1.54, 1.807) is 0 Å². The van der Waals surface area contributed by atoms with Crippen molar-refractivity contribution in [1.82, 2.24) is 4.90 Å². The Labute approximate surface area is 181 Å². The molecule has 0 bridgehead atoms. The number of likely N-dealkylation sites (N-methyl/N-ethyl adjacent to an activating group) is 1. The molecule has 0 spiro atoms. The fourth-order valence-electron chi connectivity index (χ4n) is 3.92. The molecular weight excluding hydrogens is 402 g/mol. The van der Waals surface area contributed by atoms with E-state index >= 15 is 0 Å². The first-order valence-corrected chi connectivity index (χ1v) is 9.77. The van der Waals surface area contributed by atoms with Gasteiger partial charge in [-0.3, -0.25) is 4.90 Å². The maximum Gasteiger partial charge on any atom is 0.200 e. The third-order valence-electron chi connectivity index (χ3n) is 5.74. The molecule has 4 nitrogen and oxygen atoms in total. The number of hydrogen-bond acceptors (Lipinski definition) is 3. The summed E-state index contributed by atoms with van der Waals surface area (Å²) in [5.41, 5.74) is 2.87. The first kappa shape index (κ1) is 22.7. The molecule has 1 aliphatic heterocycles. The summed E-state index contributed by atoms with van der Waals surface area (Å²) >= 11 is 0. The second kappa shape index (κ2) is 10.3. The molecule has 1 atom stereocenters. The average molecular weight is 433 g/mol. The number of allylic oxidation sites excluding steroid dienone is 5. The van der Waals surface area contributed by atoms with E-state index < -0.39 is 5.54 Å². The predicted octanol–water partition coefficient (Wildman–Crippen LogP) is 3.36. The summed E-state index contributed by atoms with van der Waals surface area (Å²) in [6, 6.07) is 10.4. The van der Waals surface area contributed by atoms with E-state index in [-0.39, 0.29) is 19.5 Å². The van der Waals surface area contributed by atoms with Crippen LogP contribution in [0.1, 0.15) is 18.9 Å². The van der Waals surface area contributed by atoms with Crippen molar-refractivity contribution < 1.29 is 33.9 Å². The van der Waals surface area contributed by atoms with Crippen molar-refractivity contribution in [1.29, 1.82) is 0 Å². The predicted molar refractivity (Wildman–Crippen MR) is 111 cm³/mol. The fraction of sp³-hybridized carbons (Fsp3) is 0.435. The zero-order valence-corrected chi connectivity index (χ0v) is 20.4. The Kier molecular flexibility index (Phi) is 8.36. The van der Waals surface area contributed by atoms with Crippen molar-refractivity contribution >= 4 is 5.71 Å². The SMILES string of the molecule is CCC(Cc1ccccc1)(C(O)=C1C=CC(=[N+]2CCOCC2)C=C1)N(C)C.[Zn]. The molecule has 0 saturated carbocycles. The number of hydrogen-bond donors (Lipinski definition) is 1.